The number of nitrogens with two attached hydrogens (primary N) is 1. The lowest BCUT2D eigenvalue weighted by atomic mass is 10.1. The van der Waals surface area contributed by atoms with Gasteiger partial charge in [0.1, 0.15) is 5.92 Å². The number of carbonyl (C=O) groups is 2. The quantitative estimate of drug-likeness (QED) is 0.802. The molecule has 0 aromatic heterocycles. The zero-order valence-corrected chi connectivity index (χ0v) is 14.3. The molecule has 1 aromatic carbocycles. The highest BCUT2D eigenvalue weighted by Gasteiger charge is 2.38. The summed E-state index contributed by atoms with van der Waals surface area (Å²) in [5.41, 5.74) is 6.00. The Bertz CT molecular complexity index is 568. The van der Waals surface area contributed by atoms with Gasteiger partial charge in [-0.2, -0.15) is 0 Å². The minimum absolute atomic E-state index is 0. The van der Waals surface area contributed by atoms with E-state index in [1.54, 1.807) is 25.1 Å². The van der Waals surface area contributed by atoms with Crippen LogP contribution in [0.15, 0.2) is 18.2 Å². The van der Waals surface area contributed by atoms with Crippen molar-refractivity contribution in [3.8, 4) is 0 Å². The molecule has 2 atom stereocenters. The first-order valence-corrected chi connectivity index (χ1v) is 7.46. The monoisotopic (exact) mass is 365 g/mol. The molecule has 0 radical (unpaired) electrons. The first-order chi connectivity index (χ1) is 9.93. The van der Waals surface area contributed by atoms with E-state index < -0.39 is 5.92 Å². The van der Waals surface area contributed by atoms with Gasteiger partial charge in [-0.1, -0.05) is 23.2 Å². The number of hydrogen-bond acceptors (Lipinski definition) is 3. The van der Waals surface area contributed by atoms with Gasteiger partial charge >= 0.3 is 0 Å². The highest BCUT2D eigenvalue weighted by Crippen LogP contribution is 2.33. The van der Waals surface area contributed by atoms with Crippen molar-refractivity contribution in [3.05, 3.63) is 28.2 Å². The average Bonchev–Trinajstić information content (AvgIpc) is 2.83. The summed E-state index contributed by atoms with van der Waals surface area (Å²) in [6.45, 7) is 2.56. The lowest BCUT2D eigenvalue weighted by Gasteiger charge is -2.19. The van der Waals surface area contributed by atoms with Crippen LogP contribution in [0, 0.1) is 5.92 Å². The van der Waals surface area contributed by atoms with Crippen molar-refractivity contribution in [3.63, 3.8) is 0 Å². The van der Waals surface area contributed by atoms with Gasteiger partial charge in [0.05, 0.1) is 10.7 Å². The third-order valence-electron chi connectivity index (χ3n) is 3.46. The molecule has 122 valence electrons. The van der Waals surface area contributed by atoms with E-state index in [4.69, 9.17) is 28.9 Å². The Kier molecular flexibility index (Phi) is 6.94. The number of rotatable bonds is 4. The van der Waals surface area contributed by atoms with Crippen molar-refractivity contribution in [2.75, 3.05) is 18.0 Å². The van der Waals surface area contributed by atoms with Crippen LogP contribution in [-0.4, -0.2) is 30.9 Å². The Morgan fingerprint density at radius 3 is 2.82 bits per heavy atom. The van der Waals surface area contributed by atoms with E-state index in [1.165, 1.54) is 4.90 Å². The maximum Gasteiger partial charge on any atom is 0.239 e. The molecule has 5 nitrogen and oxygen atoms in total. The van der Waals surface area contributed by atoms with Crippen LogP contribution < -0.4 is 16.0 Å². The Labute approximate surface area is 145 Å². The zero-order chi connectivity index (χ0) is 15.6. The maximum atomic E-state index is 12.4. The van der Waals surface area contributed by atoms with Gasteiger partial charge in [-0.25, -0.2) is 0 Å². The second-order valence-corrected chi connectivity index (χ2v) is 5.92. The zero-order valence-electron chi connectivity index (χ0n) is 12.0. The van der Waals surface area contributed by atoms with Crippen LogP contribution in [0.2, 0.25) is 10.0 Å². The lowest BCUT2D eigenvalue weighted by Crippen LogP contribution is -2.43. The smallest absolute Gasteiger partial charge is 0.239 e. The average molecular weight is 367 g/mol. The molecule has 3 N–H and O–H groups in total. The van der Waals surface area contributed by atoms with E-state index in [9.17, 15) is 9.59 Å². The third kappa shape index (κ3) is 4.04. The molecule has 1 fully saturated rings. The number of anilines is 1. The number of amides is 2. The van der Waals surface area contributed by atoms with E-state index in [-0.39, 0.29) is 30.3 Å². The fourth-order valence-corrected chi connectivity index (χ4v) is 2.64. The first-order valence-electron chi connectivity index (χ1n) is 6.71. The molecule has 0 aliphatic carbocycles. The maximum absolute atomic E-state index is 12.4. The SMILES string of the molecule is C[C@@H](CN)NC(=O)C1CCN(c2cc(Cl)ccc2Cl)C1=O.Cl. The van der Waals surface area contributed by atoms with Gasteiger partial charge in [-0.05, 0) is 31.5 Å². The summed E-state index contributed by atoms with van der Waals surface area (Å²) >= 11 is 12.0. The number of nitrogens with zero attached hydrogens (tertiary/aromatic N) is 1. The molecule has 8 heteroatoms. The molecular weight excluding hydrogens is 349 g/mol. The summed E-state index contributed by atoms with van der Waals surface area (Å²) in [5, 5.41) is 3.66. The minimum atomic E-state index is -0.700. The molecule has 2 rings (SSSR count). The van der Waals surface area contributed by atoms with Gasteiger partial charge in [0.2, 0.25) is 11.8 Å². The molecule has 0 spiro atoms. The third-order valence-corrected chi connectivity index (χ3v) is 4.02. The van der Waals surface area contributed by atoms with E-state index in [1.807, 2.05) is 0 Å². The minimum Gasteiger partial charge on any atom is -0.352 e. The second-order valence-electron chi connectivity index (χ2n) is 5.07. The number of nitrogens with one attached hydrogen (secondary N) is 1. The number of hydrogen-bond donors (Lipinski definition) is 2. The van der Waals surface area contributed by atoms with Gasteiger partial charge < -0.3 is 16.0 Å². The standard InChI is InChI=1S/C14H17Cl2N3O2.ClH/c1-8(7-17)18-13(20)10-4-5-19(14(10)21)12-6-9(15)2-3-11(12)16;/h2-3,6,8,10H,4-5,7,17H2,1H3,(H,18,20);1H/t8-,10?;/m0./s1. The summed E-state index contributed by atoms with van der Waals surface area (Å²) in [5.74, 6) is -1.26. The van der Waals surface area contributed by atoms with Crippen LogP contribution in [0.4, 0.5) is 5.69 Å². The van der Waals surface area contributed by atoms with E-state index in [0.717, 1.165) is 0 Å². The van der Waals surface area contributed by atoms with Crippen molar-refractivity contribution in [1.82, 2.24) is 5.32 Å². The fraction of sp³-hybridized carbons (Fsp3) is 0.429. The largest absolute Gasteiger partial charge is 0.352 e. The highest BCUT2D eigenvalue weighted by molar-refractivity contribution is 6.36. The molecule has 1 aromatic rings. The summed E-state index contributed by atoms with van der Waals surface area (Å²) < 4.78 is 0. The molecule has 22 heavy (non-hydrogen) atoms. The molecule has 2 amide bonds. The van der Waals surface area contributed by atoms with Crippen molar-refractivity contribution < 1.29 is 9.59 Å². The van der Waals surface area contributed by atoms with E-state index >= 15 is 0 Å². The normalized spacial score (nSPS) is 18.8. The number of benzene rings is 1. The van der Waals surface area contributed by atoms with Crippen molar-refractivity contribution in [2.45, 2.75) is 19.4 Å². The highest BCUT2D eigenvalue weighted by atomic mass is 35.5. The van der Waals surface area contributed by atoms with Gasteiger partial charge in [0.25, 0.3) is 0 Å². The van der Waals surface area contributed by atoms with Crippen LogP contribution in [-0.2, 0) is 9.59 Å². The van der Waals surface area contributed by atoms with E-state index in [0.29, 0.717) is 35.2 Å². The van der Waals surface area contributed by atoms with Crippen LogP contribution in [0.1, 0.15) is 13.3 Å². The topological polar surface area (TPSA) is 75.4 Å². The van der Waals surface area contributed by atoms with Crippen LogP contribution in [0.5, 0.6) is 0 Å². The van der Waals surface area contributed by atoms with Crippen molar-refractivity contribution in [1.29, 1.82) is 0 Å². The van der Waals surface area contributed by atoms with Crippen LogP contribution in [0.25, 0.3) is 0 Å². The first kappa shape index (κ1) is 19.0. The van der Waals surface area contributed by atoms with Crippen LogP contribution >= 0.6 is 35.6 Å². The Balaban J connectivity index is 0.00000242. The summed E-state index contributed by atoms with van der Waals surface area (Å²) in [6, 6.07) is 4.76. The summed E-state index contributed by atoms with van der Waals surface area (Å²) in [6.07, 6.45) is 0.449. The molecule has 1 heterocycles. The second kappa shape index (κ2) is 8.02. The Morgan fingerprint density at radius 2 is 2.18 bits per heavy atom. The lowest BCUT2D eigenvalue weighted by molar-refractivity contribution is -0.132. The van der Waals surface area contributed by atoms with Gasteiger partial charge in [0, 0.05) is 24.2 Å². The summed E-state index contributed by atoms with van der Waals surface area (Å²) in [7, 11) is 0. The van der Waals surface area contributed by atoms with Gasteiger partial charge in [-0.3, -0.25) is 9.59 Å². The molecule has 1 unspecified atom stereocenters. The van der Waals surface area contributed by atoms with Crippen LogP contribution in [0.3, 0.4) is 0 Å². The van der Waals surface area contributed by atoms with Gasteiger partial charge in [-0.15, -0.1) is 12.4 Å². The number of carbonyl (C=O) groups excluding carboxylic acids is 2. The molecule has 0 bridgehead atoms. The molecular formula is C14H18Cl3N3O2. The molecule has 1 aliphatic rings. The molecule has 1 aliphatic heterocycles. The predicted molar refractivity (Wildman–Crippen MR) is 90.8 cm³/mol. The predicted octanol–water partition coefficient (Wildman–Crippen LogP) is 2.23. The van der Waals surface area contributed by atoms with Crippen molar-refractivity contribution >= 4 is 53.1 Å². The van der Waals surface area contributed by atoms with Gasteiger partial charge in [0.15, 0.2) is 0 Å². The Hall–Kier alpha value is -1.01. The molecule has 1 saturated heterocycles. The van der Waals surface area contributed by atoms with Crippen molar-refractivity contribution in [2.24, 2.45) is 11.7 Å². The number of halogens is 3. The fourth-order valence-electron chi connectivity index (χ4n) is 2.26. The van der Waals surface area contributed by atoms with E-state index in [2.05, 4.69) is 5.32 Å². The Morgan fingerprint density at radius 1 is 1.50 bits per heavy atom. The molecule has 0 saturated carbocycles. The summed E-state index contributed by atoms with van der Waals surface area (Å²) in [4.78, 5) is 26.0.